The van der Waals surface area contributed by atoms with Gasteiger partial charge in [-0.25, -0.2) is 4.79 Å². The van der Waals surface area contributed by atoms with Crippen molar-refractivity contribution in [2.45, 2.75) is 20.0 Å². The highest BCUT2D eigenvalue weighted by Gasteiger charge is 2.16. The van der Waals surface area contributed by atoms with Gasteiger partial charge in [-0.1, -0.05) is 24.2 Å². The molecule has 7 nitrogen and oxygen atoms in total. The smallest absolute Gasteiger partial charge is 0.338 e. The van der Waals surface area contributed by atoms with Crippen molar-refractivity contribution >= 4 is 5.97 Å². The van der Waals surface area contributed by atoms with Crippen molar-refractivity contribution in [3.05, 3.63) is 59.5 Å². The lowest BCUT2D eigenvalue weighted by molar-refractivity contribution is 0.0430. The van der Waals surface area contributed by atoms with Gasteiger partial charge in [0.25, 0.3) is 5.89 Å². The minimum atomic E-state index is -0.445. The Bertz CT molecular complexity index is 918. The zero-order valence-corrected chi connectivity index (χ0v) is 15.4. The second-order valence-electron chi connectivity index (χ2n) is 5.70. The van der Waals surface area contributed by atoms with Crippen LogP contribution >= 0.6 is 0 Å². The van der Waals surface area contributed by atoms with Crippen LogP contribution in [-0.2, 0) is 17.8 Å². The average molecular weight is 368 g/mol. The van der Waals surface area contributed by atoms with Crippen LogP contribution in [0, 0.1) is 0 Å². The van der Waals surface area contributed by atoms with E-state index in [4.69, 9.17) is 18.7 Å². The Balaban J connectivity index is 1.68. The van der Waals surface area contributed by atoms with Crippen molar-refractivity contribution < 1.29 is 23.5 Å². The molecule has 0 spiro atoms. The number of esters is 1. The number of methoxy groups -OCH3 is 2. The van der Waals surface area contributed by atoms with Gasteiger partial charge in [0.05, 0.1) is 25.3 Å². The van der Waals surface area contributed by atoms with Crippen LogP contribution in [-0.4, -0.2) is 30.3 Å². The molecule has 0 saturated heterocycles. The minimum absolute atomic E-state index is 0.111. The van der Waals surface area contributed by atoms with Crippen LogP contribution in [0.25, 0.3) is 11.4 Å². The number of carbonyl (C=O) groups is 1. The van der Waals surface area contributed by atoms with E-state index in [1.165, 1.54) is 0 Å². The van der Waals surface area contributed by atoms with Crippen molar-refractivity contribution in [3.8, 4) is 22.9 Å². The van der Waals surface area contributed by atoms with Gasteiger partial charge in [-0.05, 0) is 36.2 Å². The normalized spacial score (nSPS) is 10.5. The molecular formula is C20H20N2O5. The number of hydrogen-bond donors (Lipinski definition) is 0. The summed E-state index contributed by atoms with van der Waals surface area (Å²) in [5, 5.41) is 3.93. The Kier molecular flexibility index (Phi) is 5.71. The number of aryl methyl sites for hydroxylation is 1. The van der Waals surface area contributed by atoms with Crippen LogP contribution < -0.4 is 9.47 Å². The summed E-state index contributed by atoms with van der Waals surface area (Å²) in [5.74, 6) is 1.30. The van der Waals surface area contributed by atoms with Crippen molar-refractivity contribution in [3.63, 3.8) is 0 Å². The molecule has 2 aromatic carbocycles. The second kappa shape index (κ2) is 8.35. The van der Waals surface area contributed by atoms with Crippen molar-refractivity contribution in [2.75, 3.05) is 14.2 Å². The van der Waals surface area contributed by atoms with Gasteiger partial charge >= 0.3 is 5.97 Å². The predicted molar refractivity (Wildman–Crippen MR) is 97.8 cm³/mol. The molecule has 0 unspecified atom stereocenters. The third-order valence-electron chi connectivity index (χ3n) is 4.04. The molecule has 0 fully saturated rings. The molecule has 0 radical (unpaired) electrons. The first kappa shape index (κ1) is 18.4. The van der Waals surface area contributed by atoms with E-state index < -0.39 is 5.97 Å². The lowest BCUT2D eigenvalue weighted by Gasteiger charge is -2.07. The summed E-state index contributed by atoms with van der Waals surface area (Å²) < 4.78 is 20.9. The number of ether oxygens (including phenoxy) is 3. The Morgan fingerprint density at radius 3 is 2.52 bits per heavy atom. The Morgan fingerprint density at radius 2 is 1.85 bits per heavy atom. The lowest BCUT2D eigenvalue weighted by atomic mass is 10.1. The molecule has 0 bridgehead atoms. The molecule has 0 aliphatic heterocycles. The molecule has 0 saturated carbocycles. The van der Waals surface area contributed by atoms with E-state index in [0.717, 1.165) is 12.0 Å². The molecule has 1 heterocycles. The topological polar surface area (TPSA) is 83.7 Å². The number of rotatable bonds is 7. The van der Waals surface area contributed by atoms with Gasteiger partial charge in [0.2, 0.25) is 5.82 Å². The highest BCUT2D eigenvalue weighted by atomic mass is 16.6. The molecule has 0 aliphatic carbocycles. The Morgan fingerprint density at radius 1 is 1.07 bits per heavy atom. The van der Waals surface area contributed by atoms with Crippen LogP contribution in [0.4, 0.5) is 0 Å². The molecule has 0 atom stereocenters. The van der Waals surface area contributed by atoms with Crippen molar-refractivity contribution in [1.29, 1.82) is 0 Å². The van der Waals surface area contributed by atoms with Gasteiger partial charge in [0, 0.05) is 6.07 Å². The van der Waals surface area contributed by atoms with E-state index >= 15 is 0 Å². The minimum Gasteiger partial charge on any atom is -0.497 e. The van der Waals surface area contributed by atoms with E-state index in [0.29, 0.717) is 28.5 Å². The number of benzene rings is 2. The monoisotopic (exact) mass is 368 g/mol. The standard InChI is InChI=1S/C20H20N2O5/c1-4-13-5-7-14(8-6-13)20(23)26-12-18-21-19(22-27-18)16-10-9-15(24-2)11-17(16)25-3/h5-11H,4,12H2,1-3H3. The fourth-order valence-corrected chi connectivity index (χ4v) is 2.49. The molecule has 0 N–H and O–H groups in total. The first-order chi connectivity index (χ1) is 13.1. The van der Waals surface area contributed by atoms with E-state index in [1.807, 2.05) is 12.1 Å². The van der Waals surface area contributed by atoms with Gasteiger partial charge < -0.3 is 18.7 Å². The predicted octanol–water partition coefficient (Wildman–Crippen LogP) is 3.67. The number of aromatic nitrogens is 2. The molecule has 0 aliphatic rings. The number of carbonyl (C=O) groups excluding carboxylic acids is 1. The van der Waals surface area contributed by atoms with Crippen LogP contribution in [0.1, 0.15) is 28.7 Å². The molecule has 3 aromatic rings. The Hall–Kier alpha value is -3.35. The van der Waals surface area contributed by atoms with Crippen LogP contribution in [0.3, 0.4) is 0 Å². The van der Waals surface area contributed by atoms with Gasteiger partial charge in [-0.3, -0.25) is 0 Å². The van der Waals surface area contributed by atoms with Crippen molar-refractivity contribution in [1.82, 2.24) is 10.1 Å². The fourth-order valence-electron chi connectivity index (χ4n) is 2.49. The third kappa shape index (κ3) is 4.25. The third-order valence-corrected chi connectivity index (χ3v) is 4.04. The first-order valence-electron chi connectivity index (χ1n) is 8.45. The van der Waals surface area contributed by atoms with Crippen LogP contribution in [0.15, 0.2) is 47.0 Å². The second-order valence-corrected chi connectivity index (χ2v) is 5.70. The maximum Gasteiger partial charge on any atom is 0.338 e. The van der Waals surface area contributed by atoms with Crippen molar-refractivity contribution in [2.24, 2.45) is 0 Å². The summed E-state index contributed by atoms with van der Waals surface area (Å²) in [6.45, 7) is 1.94. The van der Waals surface area contributed by atoms with Gasteiger partial charge in [0.15, 0.2) is 6.61 Å². The summed E-state index contributed by atoms with van der Waals surface area (Å²) in [6, 6.07) is 12.5. The van der Waals surface area contributed by atoms with Gasteiger partial charge in [-0.2, -0.15) is 4.98 Å². The van der Waals surface area contributed by atoms with Crippen LogP contribution in [0.5, 0.6) is 11.5 Å². The summed E-state index contributed by atoms with van der Waals surface area (Å²) in [7, 11) is 3.12. The molecular weight excluding hydrogens is 348 g/mol. The Labute approximate surface area is 156 Å². The summed E-state index contributed by atoms with van der Waals surface area (Å²) >= 11 is 0. The largest absolute Gasteiger partial charge is 0.497 e. The highest BCUT2D eigenvalue weighted by molar-refractivity contribution is 5.89. The zero-order chi connectivity index (χ0) is 19.2. The highest BCUT2D eigenvalue weighted by Crippen LogP contribution is 2.31. The maximum atomic E-state index is 12.1. The molecule has 3 rings (SSSR count). The molecule has 0 amide bonds. The molecule has 27 heavy (non-hydrogen) atoms. The lowest BCUT2D eigenvalue weighted by Crippen LogP contribution is -2.05. The van der Waals surface area contributed by atoms with E-state index in [2.05, 4.69) is 17.1 Å². The first-order valence-corrected chi connectivity index (χ1v) is 8.45. The van der Waals surface area contributed by atoms with Crippen LogP contribution in [0.2, 0.25) is 0 Å². The fraction of sp³-hybridized carbons (Fsp3) is 0.250. The van der Waals surface area contributed by atoms with E-state index in [9.17, 15) is 4.79 Å². The maximum absolute atomic E-state index is 12.1. The van der Waals surface area contributed by atoms with Gasteiger partial charge in [-0.15, -0.1) is 0 Å². The van der Waals surface area contributed by atoms with E-state index in [1.54, 1.807) is 44.6 Å². The summed E-state index contributed by atoms with van der Waals surface area (Å²) in [5.41, 5.74) is 2.28. The van der Waals surface area contributed by atoms with E-state index in [-0.39, 0.29) is 12.5 Å². The van der Waals surface area contributed by atoms with Gasteiger partial charge in [0.1, 0.15) is 11.5 Å². The number of nitrogens with zero attached hydrogens (tertiary/aromatic N) is 2. The number of hydrogen-bond acceptors (Lipinski definition) is 7. The molecule has 7 heteroatoms. The molecule has 1 aromatic heterocycles. The quantitative estimate of drug-likeness (QED) is 0.588. The average Bonchev–Trinajstić information content (AvgIpc) is 3.20. The zero-order valence-electron chi connectivity index (χ0n) is 15.4. The SMILES string of the molecule is CCc1ccc(C(=O)OCc2nc(-c3ccc(OC)cc3OC)no2)cc1. The molecule has 140 valence electrons. The summed E-state index contributed by atoms with van der Waals surface area (Å²) in [4.78, 5) is 16.4. The summed E-state index contributed by atoms with van der Waals surface area (Å²) in [6.07, 6.45) is 0.912.